The molecule has 22 heavy (non-hydrogen) atoms. The topological polar surface area (TPSA) is 75.4 Å². The van der Waals surface area contributed by atoms with E-state index in [2.05, 4.69) is 5.32 Å². The molecule has 2 aromatic rings. The number of thiophene rings is 1. The predicted octanol–water partition coefficient (Wildman–Crippen LogP) is 3.55. The van der Waals surface area contributed by atoms with Crippen LogP contribution in [0, 0.1) is 0 Å². The molecule has 0 bridgehead atoms. The van der Waals surface area contributed by atoms with Crippen LogP contribution in [0.25, 0.3) is 0 Å². The SMILES string of the molecule is CCN(Cc1ccc(Cl)s1)C(=O)c1ccc(NC(N)=O)cc1. The van der Waals surface area contributed by atoms with Gasteiger partial charge in [0.2, 0.25) is 0 Å². The Labute approximate surface area is 137 Å². The molecule has 0 fully saturated rings. The highest BCUT2D eigenvalue weighted by atomic mass is 35.5. The summed E-state index contributed by atoms with van der Waals surface area (Å²) in [4.78, 5) is 26.0. The van der Waals surface area contributed by atoms with E-state index in [-0.39, 0.29) is 5.91 Å². The molecule has 0 spiro atoms. The number of halogens is 1. The summed E-state index contributed by atoms with van der Waals surface area (Å²) in [6.45, 7) is 3.04. The highest BCUT2D eigenvalue weighted by Gasteiger charge is 2.15. The van der Waals surface area contributed by atoms with Gasteiger partial charge in [0.05, 0.1) is 10.9 Å². The third kappa shape index (κ3) is 4.22. The van der Waals surface area contributed by atoms with Gasteiger partial charge < -0.3 is 16.0 Å². The van der Waals surface area contributed by atoms with Gasteiger partial charge >= 0.3 is 6.03 Å². The van der Waals surface area contributed by atoms with Gasteiger partial charge in [-0.15, -0.1) is 11.3 Å². The molecule has 0 saturated heterocycles. The van der Waals surface area contributed by atoms with Crippen molar-refractivity contribution in [3.05, 3.63) is 51.2 Å². The monoisotopic (exact) mass is 337 g/mol. The van der Waals surface area contributed by atoms with Crippen molar-refractivity contribution in [1.82, 2.24) is 4.90 Å². The number of anilines is 1. The fourth-order valence-corrected chi connectivity index (χ4v) is 3.08. The molecular formula is C15H16ClN3O2S. The average Bonchev–Trinajstić information content (AvgIpc) is 2.89. The van der Waals surface area contributed by atoms with Crippen LogP contribution in [0.2, 0.25) is 4.34 Å². The number of nitrogens with two attached hydrogens (primary N) is 1. The zero-order valence-corrected chi connectivity index (χ0v) is 13.6. The van der Waals surface area contributed by atoms with Crippen molar-refractivity contribution in [3.8, 4) is 0 Å². The standard InChI is InChI=1S/C15H16ClN3O2S/c1-2-19(9-12-7-8-13(16)22-12)14(20)10-3-5-11(6-4-10)18-15(17)21/h3-8H,2,9H2,1H3,(H3,17,18,21). The molecule has 1 heterocycles. The maximum Gasteiger partial charge on any atom is 0.316 e. The molecule has 0 unspecified atom stereocenters. The minimum Gasteiger partial charge on any atom is -0.351 e. The normalized spacial score (nSPS) is 10.3. The second-order valence-corrected chi connectivity index (χ2v) is 6.39. The molecule has 0 aliphatic heterocycles. The molecule has 5 nitrogen and oxygen atoms in total. The van der Waals surface area contributed by atoms with Crippen LogP contribution in [0.15, 0.2) is 36.4 Å². The Morgan fingerprint density at radius 1 is 1.23 bits per heavy atom. The molecule has 0 aliphatic rings. The summed E-state index contributed by atoms with van der Waals surface area (Å²) in [5, 5.41) is 2.46. The third-order valence-corrected chi connectivity index (χ3v) is 4.26. The fourth-order valence-electron chi connectivity index (χ4n) is 1.97. The second kappa shape index (κ2) is 7.29. The first-order chi connectivity index (χ1) is 10.5. The van der Waals surface area contributed by atoms with Crippen LogP contribution in [0.1, 0.15) is 22.2 Å². The maximum atomic E-state index is 12.5. The number of primary amides is 1. The van der Waals surface area contributed by atoms with Crippen LogP contribution in [-0.4, -0.2) is 23.4 Å². The van der Waals surface area contributed by atoms with Gasteiger partial charge in [-0.1, -0.05) is 11.6 Å². The number of carbonyl (C=O) groups is 2. The smallest absolute Gasteiger partial charge is 0.316 e. The van der Waals surface area contributed by atoms with Gasteiger partial charge in [0.25, 0.3) is 5.91 Å². The molecule has 1 aromatic carbocycles. The minimum atomic E-state index is -0.635. The lowest BCUT2D eigenvalue weighted by molar-refractivity contribution is 0.0754. The number of nitrogens with zero attached hydrogens (tertiary/aromatic N) is 1. The lowest BCUT2D eigenvalue weighted by Gasteiger charge is -2.20. The first kappa shape index (κ1) is 16.3. The van der Waals surface area contributed by atoms with Crippen molar-refractivity contribution in [2.75, 3.05) is 11.9 Å². The molecule has 1 aromatic heterocycles. The average molecular weight is 338 g/mol. The van der Waals surface area contributed by atoms with Gasteiger partial charge in [0.1, 0.15) is 0 Å². The van der Waals surface area contributed by atoms with Crippen molar-refractivity contribution in [2.24, 2.45) is 5.73 Å². The van der Waals surface area contributed by atoms with Gasteiger partial charge in [-0.2, -0.15) is 0 Å². The molecular weight excluding hydrogens is 322 g/mol. The van der Waals surface area contributed by atoms with Crippen LogP contribution in [0.4, 0.5) is 10.5 Å². The van der Waals surface area contributed by atoms with Crippen molar-refractivity contribution in [3.63, 3.8) is 0 Å². The minimum absolute atomic E-state index is 0.0716. The zero-order valence-electron chi connectivity index (χ0n) is 12.0. The molecule has 3 amide bonds. The molecule has 0 radical (unpaired) electrons. The van der Waals surface area contributed by atoms with E-state index in [1.54, 1.807) is 29.2 Å². The van der Waals surface area contributed by atoms with Gasteiger partial charge in [-0.25, -0.2) is 4.79 Å². The molecule has 0 aliphatic carbocycles. The van der Waals surface area contributed by atoms with Crippen molar-refractivity contribution >= 4 is 40.6 Å². The van der Waals surface area contributed by atoms with E-state index in [1.165, 1.54) is 11.3 Å². The van der Waals surface area contributed by atoms with Crippen molar-refractivity contribution in [1.29, 1.82) is 0 Å². The van der Waals surface area contributed by atoms with E-state index in [1.807, 2.05) is 19.1 Å². The number of nitrogens with one attached hydrogen (secondary N) is 1. The van der Waals surface area contributed by atoms with Crippen LogP contribution >= 0.6 is 22.9 Å². The summed E-state index contributed by atoms with van der Waals surface area (Å²) < 4.78 is 0.709. The lowest BCUT2D eigenvalue weighted by Crippen LogP contribution is -2.30. The summed E-state index contributed by atoms with van der Waals surface area (Å²) in [7, 11) is 0. The Morgan fingerprint density at radius 3 is 2.41 bits per heavy atom. The van der Waals surface area contributed by atoms with Gasteiger partial charge in [0.15, 0.2) is 0 Å². The van der Waals surface area contributed by atoms with Crippen molar-refractivity contribution in [2.45, 2.75) is 13.5 Å². The van der Waals surface area contributed by atoms with E-state index < -0.39 is 6.03 Å². The number of amides is 3. The third-order valence-electron chi connectivity index (χ3n) is 3.04. The fraction of sp³-hybridized carbons (Fsp3) is 0.200. The number of rotatable bonds is 5. The molecule has 0 atom stereocenters. The zero-order chi connectivity index (χ0) is 16.1. The number of urea groups is 1. The predicted molar refractivity (Wildman–Crippen MR) is 89.4 cm³/mol. The molecule has 116 valence electrons. The largest absolute Gasteiger partial charge is 0.351 e. The summed E-state index contributed by atoms with van der Waals surface area (Å²) >= 11 is 7.38. The Bertz CT molecular complexity index is 670. The molecule has 3 N–H and O–H groups in total. The number of hydrogen-bond acceptors (Lipinski definition) is 3. The first-order valence-electron chi connectivity index (χ1n) is 6.69. The summed E-state index contributed by atoms with van der Waals surface area (Å²) in [6.07, 6.45) is 0. The second-order valence-electron chi connectivity index (χ2n) is 4.59. The Kier molecular flexibility index (Phi) is 5.41. The summed E-state index contributed by atoms with van der Waals surface area (Å²) in [6, 6.07) is 9.73. The molecule has 0 saturated carbocycles. The maximum absolute atomic E-state index is 12.5. The lowest BCUT2D eigenvalue weighted by atomic mass is 10.1. The highest BCUT2D eigenvalue weighted by Crippen LogP contribution is 2.23. The van der Waals surface area contributed by atoms with E-state index in [0.29, 0.717) is 28.7 Å². The number of carbonyl (C=O) groups excluding carboxylic acids is 2. The quantitative estimate of drug-likeness (QED) is 0.875. The van der Waals surface area contributed by atoms with E-state index in [9.17, 15) is 9.59 Å². The van der Waals surface area contributed by atoms with E-state index in [0.717, 1.165) is 4.88 Å². The van der Waals surface area contributed by atoms with Crippen LogP contribution in [-0.2, 0) is 6.54 Å². The van der Waals surface area contributed by atoms with Crippen molar-refractivity contribution < 1.29 is 9.59 Å². The number of hydrogen-bond donors (Lipinski definition) is 2. The Morgan fingerprint density at radius 2 is 1.91 bits per heavy atom. The van der Waals surface area contributed by atoms with Gasteiger partial charge in [-0.05, 0) is 43.3 Å². The van der Waals surface area contributed by atoms with Gasteiger partial charge in [0, 0.05) is 22.7 Å². The summed E-state index contributed by atoms with van der Waals surface area (Å²) in [5.41, 5.74) is 6.15. The van der Waals surface area contributed by atoms with E-state index in [4.69, 9.17) is 17.3 Å². The molecule has 2 rings (SSSR count). The summed E-state index contributed by atoms with van der Waals surface area (Å²) in [5.74, 6) is -0.0716. The van der Waals surface area contributed by atoms with Crippen LogP contribution in [0.3, 0.4) is 0 Å². The van der Waals surface area contributed by atoms with Crippen LogP contribution < -0.4 is 11.1 Å². The van der Waals surface area contributed by atoms with Gasteiger partial charge in [-0.3, -0.25) is 4.79 Å². The number of benzene rings is 1. The molecule has 7 heteroatoms. The Hall–Kier alpha value is -2.05. The van der Waals surface area contributed by atoms with Crippen LogP contribution in [0.5, 0.6) is 0 Å². The highest BCUT2D eigenvalue weighted by molar-refractivity contribution is 7.16. The van der Waals surface area contributed by atoms with E-state index >= 15 is 0 Å². The Balaban J connectivity index is 2.09. The first-order valence-corrected chi connectivity index (χ1v) is 7.89.